The first-order valence-corrected chi connectivity index (χ1v) is 26.6. The smallest absolute Gasteiger partial charge is 0.306 e. The number of H-pyrrole nitrogens is 1. The molecule has 1 aromatic heterocycles. The Balaban J connectivity index is 2.25. The van der Waals surface area contributed by atoms with Gasteiger partial charge in [-0.25, -0.2) is 4.98 Å². The van der Waals surface area contributed by atoms with Crippen molar-refractivity contribution < 1.29 is 53.4 Å². The van der Waals surface area contributed by atoms with Gasteiger partial charge in [0.2, 0.25) is 41.4 Å². The fourth-order valence-corrected chi connectivity index (χ4v) is 8.61. The number of aliphatic carboxylic acids is 1. The van der Waals surface area contributed by atoms with E-state index in [0.29, 0.717) is 70.2 Å². The van der Waals surface area contributed by atoms with Crippen LogP contribution in [0.4, 0.5) is 0 Å². The molecule has 1 fully saturated rings. The van der Waals surface area contributed by atoms with E-state index >= 15 is 0 Å². The number of guanidine groups is 1. The van der Waals surface area contributed by atoms with Crippen LogP contribution in [0.5, 0.6) is 0 Å². The summed E-state index contributed by atoms with van der Waals surface area (Å²) in [6.45, 7) is 0.409. The molecule has 7 amide bonds. The molecule has 1 unspecified atom stereocenters. The summed E-state index contributed by atoms with van der Waals surface area (Å²) < 4.78 is 0. The van der Waals surface area contributed by atoms with Crippen LogP contribution in [-0.4, -0.2) is 185 Å². The van der Waals surface area contributed by atoms with Crippen LogP contribution >= 0.6 is 0 Å². The number of carbonyl (C=O) groups excluding carboxylic acids is 8. The first-order valence-electron chi connectivity index (χ1n) is 26.6. The number of nitrogens with zero attached hydrogens (tertiary/aromatic N) is 3. The monoisotopic (exact) mass is 1090 g/mol. The average Bonchev–Trinajstić information content (AvgIpc) is 4.12. The number of hydrogen-bond donors (Lipinski definition) is 17. The van der Waals surface area contributed by atoms with Gasteiger partial charge in [-0.15, -0.1) is 0 Å². The van der Waals surface area contributed by atoms with Crippen LogP contribution in [0.3, 0.4) is 0 Å². The van der Waals surface area contributed by atoms with Crippen LogP contribution in [0.25, 0.3) is 0 Å². The highest BCUT2D eigenvalue weighted by molar-refractivity contribution is 5.97. The number of aliphatic imine (C=N–C) groups is 1. The number of Topliss-reactive ketones (excluding diaryl/α,β-unsaturated/α-hetero) is 1. The van der Waals surface area contributed by atoms with Gasteiger partial charge in [-0.1, -0.05) is 6.42 Å². The van der Waals surface area contributed by atoms with Crippen molar-refractivity contribution in [2.45, 2.75) is 164 Å². The maximum absolute atomic E-state index is 14.3. The van der Waals surface area contributed by atoms with Crippen molar-refractivity contribution in [1.82, 2.24) is 46.8 Å². The number of imidazole rings is 1. The maximum atomic E-state index is 14.3. The van der Waals surface area contributed by atoms with Crippen LogP contribution in [-0.2, 0) is 49.6 Å². The number of ketones is 1. The Morgan fingerprint density at radius 2 is 1.32 bits per heavy atom. The number of aliphatic hydroxyl groups excluding tert-OH is 1. The van der Waals surface area contributed by atoms with Gasteiger partial charge < -0.3 is 97.9 Å². The Kier molecular flexibility index (Phi) is 32.4. The lowest BCUT2D eigenvalue weighted by Crippen LogP contribution is -2.61. The predicted octanol–water partition coefficient (Wildman–Crippen LogP) is -5.64. The first kappa shape index (κ1) is 66.7. The van der Waals surface area contributed by atoms with Crippen molar-refractivity contribution in [3.8, 4) is 0 Å². The highest BCUT2D eigenvalue weighted by Crippen LogP contribution is 2.21. The fourth-order valence-electron chi connectivity index (χ4n) is 8.61. The summed E-state index contributed by atoms with van der Waals surface area (Å²) >= 11 is 0. The normalized spacial score (nSPS) is 16.3. The van der Waals surface area contributed by atoms with E-state index in [1.165, 1.54) is 17.4 Å². The minimum Gasteiger partial charge on any atom is -0.481 e. The van der Waals surface area contributed by atoms with Crippen molar-refractivity contribution in [2.24, 2.45) is 56.8 Å². The van der Waals surface area contributed by atoms with E-state index in [0.717, 1.165) is 0 Å². The van der Waals surface area contributed by atoms with Gasteiger partial charge >= 0.3 is 5.97 Å². The number of unbranched alkanes of at least 4 members (excludes halogenated alkanes) is 3. The van der Waals surface area contributed by atoms with Crippen LogP contribution in [0.1, 0.15) is 115 Å². The number of amides is 7. The molecule has 77 heavy (non-hydrogen) atoms. The molecule has 0 aromatic carbocycles. The van der Waals surface area contributed by atoms with Gasteiger partial charge in [-0.2, -0.15) is 0 Å². The van der Waals surface area contributed by atoms with Gasteiger partial charge in [0.25, 0.3) is 0 Å². The summed E-state index contributed by atoms with van der Waals surface area (Å²) in [5.74, 6) is -7.76. The number of aromatic nitrogens is 2. The molecule has 29 nitrogen and oxygen atoms in total. The number of carboxylic acid groups (broad SMARTS) is 1. The van der Waals surface area contributed by atoms with E-state index in [-0.39, 0.29) is 96.3 Å². The number of nitrogens with two attached hydrogens (primary N) is 8. The van der Waals surface area contributed by atoms with E-state index < -0.39 is 121 Å². The highest BCUT2D eigenvalue weighted by atomic mass is 16.4. The molecule has 0 aliphatic carbocycles. The molecule has 25 N–H and O–H groups in total. The van der Waals surface area contributed by atoms with Gasteiger partial charge in [0, 0.05) is 44.4 Å². The molecule has 1 aromatic rings. The lowest BCUT2D eigenvalue weighted by Gasteiger charge is -2.30. The average molecular weight is 1090 g/mol. The Labute approximate surface area is 449 Å². The van der Waals surface area contributed by atoms with Crippen molar-refractivity contribution in [3.05, 3.63) is 18.2 Å². The Bertz CT molecular complexity index is 2030. The fraction of sp³-hybridized carbons (Fsp3) is 0.729. The first-order chi connectivity index (χ1) is 36.8. The minimum atomic E-state index is -1.58. The lowest BCUT2D eigenvalue weighted by molar-refractivity contribution is -0.143. The zero-order valence-electron chi connectivity index (χ0n) is 44.3. The van der Waals surface area contributed by atoms with E-state index in [2.05, 4.69) is 46.9 Å². The number of carboxylic acids is 1. The molecule has 436 valence electrons. The van der Waals surface area contributed by atoms with E-state index in [4.69, 9.17) is 45.9 Å². The number of hydrogen-bond acceptors (Lipinski definition) is 18. The van der Waals surface area contributed by atoms with Gasteiger partial charge in [0.15, 0.2) is 11.7 Å². The second kappa shape index (κ2) is 37.4. The molecule has 1 aliphatic heterocycles. The Morgan fingerprint density at radius 1 is 0.701 bits per heavy atom. The summed E-state index contributed by atoms with van der Waals surface area (Å²) in [6.07, 6.45) is 6.08. The molecule has 0 spiro atoms. The number of rotatable bonds is 41. The topological polar surface area (TPSA) is 519 Å². The Morgan fingerprint density at radius 3 is 1.92 bits per heavy atom. The zero-order valence-corrected chi connectivity index (χ0v) is 44.3. The summed E-state index contributed by atoms with van der Waals surface area (Å²) in [7, 11) is 0. The van der Waals surface area contributed by atoms with Gasteiger partial charge in [-0.3, -0.25) is 48.1 Å². The number of nitrogens with one attached hydrogen (secondary N) is 7. The van der Waals surface area contributed by atoms with E-state index in [1.54, 1.807) is 0 Å². The summed E-state index contributed by atoms with van der Waals surface area (Å²) in [6, 6.07) is -8.48. The number of aromatic amines is 1. The number of carbonyl (C=O) groups is 9. The van der Waals surface area contributed by atoms with Crippen molar-refractivity contribution in [1.29, 1.82) is 0 Å². The van der Waals surface area contributed by atoms with Crippen LogP contribution in [0.15, 0.2) is 17.5 Å². The molecule has 0 saturated carbocycles. The lowest BCUT2D eigenvalue weighted by atomic mass is 9.93. The predicted molar refractivity (Wildman–Crippen MR) is 285 cm³/mol. The van der Waals surface area contributed by atoms with Crippen molar-refractivity contribution in [3.63, 3.8) is 0 Å². The summed E-state index contributed by atoms with van der Waals surface area (Å²) in [5.41, 5.74) is 45.6. The van der Waals surface area contributed by atoms with Crippen molar-refractivity contribution in [2.75, 3.05) is 52.4 Å². The standard InChI is InChI=1S/C48H88N18O11/c49-18-4-1-11-31(54)41(70)65-40(38(68)25-53)45(74)63-33(13-3-6-20-51)42(71)59-27-39(69)61-34(14-7-21-52)46(75)66-23-9-15-36(66)44(73)64-35(24-30-26-57-28-60-30)43(72)62-32(12-2-5-19-50)37(67)17-16-29(47(76)77)10-8-22-58-48(55)56/h26,28-29,31-36,38,40,68H,1-25,27,49-54H2,(H,57,60)(H,59,71)(H,61,69)(H,62,72)(H,63,74)(H,64,73)(H,65,70)(H,76,77)(H4,55,56,58)/t29?,31-,32-,33-,34+,35-,36-,38-,40-/m0/s1. The molecule has 0 radical (unpaired) electrons. The second-order valence-corrected chi connectivity index (χ2v) is 19.2. The molecule has 0 bridgehead atoms. The largest absolute Gasteiger partial charge is 0.481 e. The number of aliphatic hydroxyl groups is 1. The molecular formula is C48H88N18O11. The third-order valence-corrected chi connectivity index (χ3v) is 13.0. The molecule has 1 aliphatic rings. The van der Waals surface area contributed by atoms with E-state index in [1.807, 2.05) is 0 Å². The summed E-state index contributed by atoms with van der Waals surface area (Å²) in [5, 5.41) is 36.0. The molecule has 2 heterocycles. The number of likely N-dealkylation sites (tertiary alicyclic amines) is 1. The quantitative estimate of drug-likeness (QED) is 0.0165. The second-order valence-electron chi connectivity index (χ2n) is 19.2. The highest BCUT2D eigenvalue weighted by Gasteiger charge is 2.40. The van der Waals surface area contributed by atoms with Gasteiger partial charge in [0.1, 0.15) is 30.2 Å². The molecule has 1 saturated heterocycles. The van der Waals surface area contributed by atoms with Crippen molar-refractivity contribution >= 4 is 59.1 Å². The molecular weight excluding hydrogens is 1000 g/mol. The van der Waals surface area contributed by atoms with Gasteiger partial charge in [0.05, 0.1) is 37.0 Å². The van der Waals surface area contributed by atoms with Crippen LogP contribution < -0.4 is 77.8 Å². The molecule has 2 rings (SSSR count). The third-order valence-electron chi connectivity index (χ3n) is 13.0. The third kappa shape index (κ3) is 25.1. The van der Waals surface area contributed by atoms with Crippen LogP contribution in [0.2, 0.25) is 0 Å². The SMILES string of the molecule is NCCCC[C@H](NC(=O)[C@H](Cc1cnc[nH]1)NC(=O)[C@@H]1CCCN1C(=O)[C@@H](CCCN)NC(=O)CNC(=O)[C@H](CCCCN)NC(=O)[C@@H](NC(=O)[C@@H](N)CCCCN)[C@@H](O)CN)C(=O)CCC(CCCN=C(N)N)C(=O)O. The summed E-state index contributed by atoms with van der Waals surface area (Å²) in [4.78, 5) is 134. The van der Waals surface area contributed by atoms with Crippen LogP contribution in [0, 0.1) is 5.92 Å². The Hall–Kier alpha value is -6.37. The zero-order chi connectivity index (χ0) is 57.3. The van der Waals surface area contributed by atoms with E-state index in [9.17, 15) is 53.4 Å². The molecule has 9 atom stereocenters. The van der Waals surface area contributed by atoms with Gasteiger partial charge in [-0.05, 0) is 122 Å². The molecule has 29 heteroatoms. The maximum Gasteiger partial charge on any atom is 0.306 e. The minimum absolute atomic E-state index is 0.00433.